The summed E-state index contributed by atoms with van der Waals surface area (Å²) in [4.78, 5) is 12.9. The minimum absolute atomic E-state index is 0.356. The Morgan fingerprint density at radius 2 is 1.90 bits per heavy atom. The highest BCUT2D eigenvalue weighted by Gasteiger charge is 2.15. The molecule has 0 unspecified atom stereocenters. The molecule has 0 amide bonds. The second-order valence-corrected chi connectivity index (χ2v) is 5.40. The SMILES string of the molecule is CC(C)c1cnc(-c2ncn(C)n2)c2cnc(Cl)cc12. The van der Waals surface area contributed by atoms with Crippen molar-refractivity contribution in [2.75, 3.05) is 0 Å². The molecule has 5 nitrogen and oxygen atoms in total. The van der Waals surface area contributed by atoms with Crippen LogP contribution < -0.4 is 0 Å². The largest absolute Gasteiger partial charge is 0.255 e. The summed E-state index contributed by atoms with van der Waals surface area (Å²) in [6.45, 7) is 4.26. The van der Waals surface area contributed by atoms with Crippen molar-refractivity contribution < 1.29 is 0 Å². The van der Waals surface area contributed by atoms with E-state index >= 15 is 0 Å². The van der Waals surface area contributed by atoms with Crippen LogP contribution in [0, 0.1) is 0 Å². The fourth-order valence-electron chi connectivity index (χ4n) is 2.22. The maximum Gasteiger partial charge on any atom is 0.200 e. The molecule has 3 rings (SSSR count). The van der Waals surface area contributed by atoms with E-state index in [1.807, 2.05) is 19.3 Å². The van der Waals surface area contributed by atoms with Gasteiger partial charge < -0.3 is 0 Å². The van der Waals surface area contributed by atoms with Gasteiger partial charge in [-0.3, -0.25) is 9.67 Å². The molecule has 0 aliphatic carbocycles. The Balaban J connectivity index is 2.33. The third-order valence-electron chi connectivity index (χ3n) is 3.20. The Labute approximate surface area is 121 Å². The number of fused-ring (bicyclic) bond motifs is 1. The first-order chi connectivity index (χ1) is 9.56. The summed E-state index contributed by atoms with van der Waals surface area (Å²) in [5, 5.41) is 6.76. The Morgan fingerprint density at radius 3 is 2.55 bits per heavy atom. The molecule has 0 N–H and O–H groups in total. The molecule has 0 bridgehead atoms. The van der Waals surface area contributed by atoms with Gasteiger partial charge in [-0.25, -0.2) is 9.97 Å². The molecule has 0 aliphatic rings. The quantitative estimate of drug-likeness (QED) is 0.679. The third kappa shape index (κ3) is 2.14. The molecule has 3 aromatic rings. The fourth-order valence-corrected chi connectivity index (χ4v) is 2.37. The molecular weight excluding hydrogens is 274 g/mol. The fraction of sp³-hybridized carbons (Fsp3) is 0.286. The van der Waals surface area contributed by atoms with Gasteiger partial charge in [0.1, 0.15) is 17.2 Å². The highest BCUT2D eigenvalue weighted by molar-refractivity contribution is 6.30. The van der Waals surface area contributed by atoms with Crippen molar-refractivity contribution in [3.63, 3.8) is 0 Å². The molecule has 3 heterocycles. The summed E-state index contributed by atoms with van der Waals surface area (Å²) in [7, 11) is 1.83. The first kappa shape index (κ1) is 13.0. The molecule has 0 spiro atoms. The lowest BCUT2D eigenvalue weighted by Gasteiger charge is -2.11. The van der Waals surface area contributed by atoms with Gasteiger partial charge in [-0.2, -0.15) is 0 Å². The van der Waals surface area contributed by atoms with E-state index in [-0.39, 0.29) is 0 Å². The van der Waals surface area contributed by atoms with Gasteiger partial charge in [-0.05, 0) is 22.9 Å². The van der Waals surface area contributed by atoms with Crippen molar-refractivity contribution in [2.24, 2.45) is 7.05 Å². The van der Waals surface area contributed by atoms with Gasteiger partial charge in [0.2, 0.25) is 0 Å². The average Bonchev–Trinajstić information content (AvgIpc) is 2.83. The van der Waals surface area contributed by atoms with E-state index in [0.29, 0.717) is 16.9 Å². The van der Waals surface area contributed by atoms with E-state index in [1.54, 1.807) is 17.2 Å². The number of aromatic nitrogens is 5. The van der Waals surface area contributed by atoms with E-state index in [4.69, 9.17) is 11.6 Å². The van der Waals surface area contributed by atoms with Crippen LogP contribution >= 0.6 is 11.6 Å². The number of pyridine rings is 2. The van der Waals surface area contributed by atoms with Crippen molar-refractivity contribution in [3.05, 3.63) is 35.5 Å². The van der Waals surface area contributed by atoms with Crippen molar-refractivity contribution in [1.82, 2.24) is 24.7 Å². The minimum atomic E-state index is 0.356. The zero-order valence-electron chi connectivity index (χ0n) is 11.5. The molecule has 0 saturated carbocycles. The van der Waals surface area contributed by atoms with Gasteiger partial charge in [0.25, 0.3) is 0 Å². The summed E-state index contributed by atoms with van der Waals surface area (Å²) in [6.07, 6.45) is 5.26. The number of hydrogen-bond acceptors (Lipinski definition) is 4. The highest BCUT2D eigenvalue weighted by atomic mass is 35.5. The lowest BCUT2D eigenvalue weighted by molar-refractivity contribution is 0.767. The smallest absolute Gasteiger partial charge is 0.200 e. The predicted octanol–water partition coefficient (Wildman–Crippen LogP) is 3.20. The van der Waals surface area contributed by atoms with Crippen molar-refractivity contribution in [3.8, 4) is 11.5 Å². The molecule has 0 fully saturated rings. The van der Waals surface area contributed by atoms with Crippen molar-refractivity contribution >= 4 is 22.4 Å². The lowest BCUT2D eigenvalue weighted by Crippen LogP contribution is -1.97. The van der Waals surface area contributed by atoms with E-state index in [1.165, 1.54) is 0 Å². The number of halogens is 1. The van der Waals surface area contributed by atoms with E-state index in [0.717, 1.165) is 22.0 Å². The maximum absolute atomic E-state index is 6.03. The van der Waals surface area contributed by atoms with E-state index in [9.17, 15) is 0 Å². The molecule has 0 saturated heterocycles. The zero-order chi connectivity index (χ0) is 14.3. The Hall–Kier alpha value is -2.01. The Bertz CT molecular complexity index is 778. The first-order valence-corrected chi connectivity index (χ1v) is 6.74. The normalized spacial score (nSPS) is 11.4. The lowest BCUT2D eigenvalue weighted by atomic mass is 9.98. The summed E-state index contributed by atoms with van der Waals surface area (Å²) in [6, 6.07) is 1.88. The minimum Gasteiger partial charge on any atom is -0.255 e. The van der Waals surface area contributed by atoms with Gasteiger partial charge in [-0.1, -0.05) is 25.4 Å². The maximum atomic E-state index is 6.03. The molecule has 0 atom stereocenters. The van der Waals surface area contributed by atoms with Crippen LogP contribution in [0.4, 0.5) is 0 Å². The van der Waals surface area contributed by atoms with Crippen LogP contribution in [0.15, 0.2) is 24.8 Å². The topological polar surface area (TPSA) is 56.5 Å². The van der Waals surface area contributed by atoms with Crippen LogP contribution in [-0.2, 0) is 7.05 Å². The summed E-state index contributed by atoms with van der Waals surface area (Å²) >= 11 is 6.03. The van der Waals surface area contributed by atoms with Gasteiger partial charge in [0, 0.05) is 24.8 Å². The van der Waals surface area contributed by atoms with Gasteiger partial charge >= 0.3 is 0 Å². The number of nitrogens with zero attached hydrogens (tertiary/aromatic N) is 5. The molecule has 102 valence electrons. The molecule has 6 heteroatoms. The van der Waals surface area contributed by atoms with Crippen LogP contribution in [0.3, 0.4) is 0 Å². The zero-order valence-corrected chi connectivity index (χ0v) is 12.3. The van der Waals surface area contributed by atoms with Crippen LogP contribution in [0.5, 0.6) is 0 Å². The van der Waals surface area contributed by atoms with Crippen LogP contribution in [0.2, 0.25) is 5.15 Å². The van der Waals surface area contributed by atoms with Crippen LogP contribution in [0.1, 0.15) is 25.3 Å². The second kappa shape index (κ2) is 4.83. The standard InChI is InChI=1S/C14H14ClN5/c1-8(2)10-5-17-13(14-18-7-20(3)19-14)11-6-16-12(15)4-9(10)11/h4-8H,1-3H3. The molecule has 0 radical (unpaired) electrons. The number of rotatable bonds is 2. The molecule has 20 heavy (non-hydrogen) atoms. The molecule has 0 aliphatic heterocycles. The summed E-state index contributed by atoms with van der Waals surface area (Å²) < 4.78 is 1.66. The molecule has 0 aromatic carbocycles. The Morgan fingerprint density at radius 1 is 1.10 bits per heavy atom. The summed E-state index contributed by atoms with van der Waals surface area (Å²) in [5.74, 6) is 0.950. The molecule has 3 aromatic heterocycles. The van der Waals surface area contributed by atoms with Crippen molar-refractivity contribution in [1.29, 1.82) is 0 Å². The predicted molar refractivity (Wildman–Crippen MR) is 78.6 cm³/mol. The van der Waals surface area contributed by atoms with E-state index < -0.39 is 0 Å². The summed E-state index contributed by atoms with van der Waals surface area (Å²) in [5.41, 5.74) is 1.87. The monoisotopic (exact) mass is 287 g/mol. The van der Waals surface area contributed by atoms with Gasteiger partial charge in [0.15, 0.2) is 5.82 Å². The molecular formula is C14H14ClN5. The first-order valence-electron chi connectivity index (χ1n) is 6.36. The highest BCUT2D eigenvalue weighted by Crippen LogP contribution is 2.31. The van der Waals surface area contributed by atoms with Crippen LogP contribution in [0.25, 0.3) is 22.3 Å². The third-order valence-corrected chi connectivity index (χ3v) is 3.41. The van der Waals surface area contributed by atoms with Gasteiger partial charge in [0.05, 0.1) is 0 Å². The average molecular weight is 288 g/mol. The second-order valence-electron chi connectivity index (χ2n) is 5.01. The number of aryl methyl sites for hydroxylation is 1. The Kier molecular flexibility index (Phi) is 3.14. The van der Waals surface area contributed by atoms with Crippen LogP contribution in [-0.4, -0.2) is 24.7 Å². The van der Waals surface area contributed by atoms with Gasteiger partial charge in [-0.15, -0.1) is 5.10 Å². The number of hydrogen-bond donors (Lipinski definition) is 0. The van der Waals surface area contributed by atoms with E-state index in [2.05, 4.69) is 33.9 Å². The van der Waals surface area contributed by atoms with Crippen molar-refractivity contribution in [2.45, 2.75) is 19.8 Å².